The minimum absolute atomic E-state index is 0.0833. The lowest BCUT2D eigenvalue weighted by molar-refractivity contribution is 0.453. The smallest absolute Gasteiger partial charge is 0.149 e. The number of rotatable bonds is 1. The molecule has 0 aliphatic heterocycles. The van der Waals surface area contributed by atoms with Gasteiger partial charge in [-0.05, 0) is 24.0 Å². The Morgan fingerprint density at radius 2 is 1.87 bits per heavy atom. The van der Waals surface area contributed by atoms with Gasteiger partial charge in [0.05, 0.1) is 10.6 Å². The molecule has 1 atom stereocenters. The lowest BCUT2D eigenvalue weighted by Gasteiger charge is -2.17. The molecule has 82 valence electrons. The van der Waals surface area contributed by atoms with Crippen LogP contribution in [-0.4, -0.2) is 0 Å². The van der Waals surface area contributed by atoms with Crippen LogP contribution in [0.3, 0.4) is 0 Å². The summed E-state index contributed by atoms with van der Waals surface area (Å²) in [7, 11) is 0. The third-order valence-corrected chi connectivity index (χ3v) is 3.59. The molecule has 15 heavy (non-hydrogen) atoms. The maximum Gasteiger partial charge on any atom is 0.149 e. The van der Waals surface area contributed by atoms with E-state index >= 15 is 0 Å². The summed E-state index contributed by atoms with van der Waals surface area (Å²) in [5.74, 6) is -1.35. The minimum atomic E-state index is -0.925. The monoisotopic (exact) mass is 231 g/mol. The highest BCUT2D eigenvalue weighted by molar-refractivity contribution is 6.30. The van der Waals surface area contributed by atoms with E-state index in [0.717, 1.165) is 6.07 Å². The molecule has 1 aromatic rings. The van der Waals surface area contributed by atoms with Crippen LogP contribution in [-0.2, 0) is 5.54 Å². The average Bonchev–Trinajstić information content (AvgIpc) is 2.60. The molecule has 1 unspecified atom stereocenters. The fraction of sp³-hybridized carbons (Fsp3) is 0.455. The second kappa shape index (κ2) is 2.92. The van der Waals surface area contributed by atoms with Crippen molar-refractivity contribution >= 4 is 11.6 Å². The van der Waals surface area contributed by atoms with E-state index in [1.165, 1.54) is 6.07 Å². The first-order valence-electron chi connectivity index (χ1n) is 4.72. The Bertz CT molecular complexity index is 431. The third kappa shape index (κ3) is 1.37. The van der Waals surface area contributed by atoms with Gasteiger partial charge in [0.2, 0.25) is 0 Å². The molecule has 1 nitrogen and oxygen atoms in total. The molecular formula is C11H12ClF2N. The lowest BCUT2D eigenvalue weighted by Crippen LogP contribution is -2.28. The number of halogens is 3. The van der Waals surface area contributed by atoms with Crippen LogP contribution in [0.25, 0.3) is 0 Å². The predicted octanol–water partition coefficient (Wildman–Crippen LogP) is 3.20. The Labute approximate surface area is 92.2 Å². The van der Waals surface area contributed by atoms with Crippen molar-refractivity contribution in [3.63, 3.8) is 0 Å². The molecular weight excluding hydrogens is 220 g/mol. The predicted molar refractivity (Wildman–Crippen MR) is 55.6 cm³/mol. The molecule has 0 amide bonds. The lowest BCUT2D eigenvalue weighted by atomic mass is 9.96. The Morgan fingerprint density at radius 3 is 2.33 bits per heavy atom. The van der Waals surface area contributed by atoms with E-state index in [1.807, 2.05) is 13.8 Å². The Morgan fingerprint density at radius 1 is 1.33 bits per heavy atom. The van der Waals surface area contributed by atoms with Crippen LogP contribution in [0.2, 0.25) is 5.02 Å². The zero-order chi connectivity index (χ0) is 11.4. The van der Waals surface area contributed by atoms with E-state index < -0.39 is 17.2 Å². The zero-order valence-corrected chi connectivity index (χ0v) is 9.33. The molecule has 2 N–H and O–H groups in total. The SMILES string of the molecule is CC1(C)CC1(N)c1c(F)ccc(Cl)c1F. The maximum absolute atomic E-state index is 13.7. The van der Waals surface area contributed by atoms with Crippen molar-refractivity contribution in [3.8, 4) is 0 Å². The van der Waals surface area contributed by atoms with Gasteiger partial charge in [-0.25, -0.2) is 8.78 Å². The molecule has 2 rings (SSSR count). The average molecular weight is 232 g/mol. The second-order valence-electron chi connectivity index (χ2n) is 4.75. The van der Waals surface area contributed by atoms with E-state index in [2.05, 4.69) is 0 Å². The van der Waals surface area contributed by atoms with Crippen LogP contribution >= 0.6 is 11.6 Å². The fourth-order valence-corrected chi connectivity index (χ4v) is 2.17. The summed E-state index contributed by atoms with van der Waals surface area (Å²) in [6, 6.07) is 2.36. The molecule has 1 saturated carbocycles. The molecule has 1 fully saturated rings. The maximum atomic E-state index is 13.7. The third-order valence-electron chi connectivity index (χ3n) is 3.29. The van der Waals surface area contributed by atoms with Gasteiger partial charge in [-0.1, -0.05) is 25.4 Å². The summed E-state index contributed by atoms with van der Waals surface area (Å²) < 4.78 is 27.2. The molecule has 0 aromatic heterocycles. The number of benzene rings is 1. The summed E-state index contributed by atoms with van der Waals surface area (Å²) in [5, 5.41) is -0.0843. The van der Waals surface area contributed by atoms with Crippen LogP contribution in [0.4, 0.5) is 8.78 Å². The van der Waals surface area contributed by atoms with Gasteiger partial charge >= 0.3 is 0 Å². The quantitative estimate of drug-likeness (QED) is 0.738. The van der Waals surface area contributed by atoms with E-state index in [0.29, 0.717) is 6.42 Å². The molecule has 0 saturated heterocycles. The molecule has 1 aromatic carbocycles. The normalized spacial score (nSPS) is 27.9. The van der Waals surface area contributed by atoms with Gasteiger partial charge in [-0.2, -0.15) is 0 Å². The van der Waals surface area contributed by atoms with E-state index in [9.17, 15) is 8.78 Å². The standard InChI is InChI=1S/C11H12ClF2N/c1-10(2)5-11(10,15)8-7(13)4-3-6(12)9(8)14/h3-4H,5,15H2,1-2H3. The van der Waals surface area contributed by atoms with Crippen LogP contribution in [0.1, 0.15) is 25.8 Å². The molecule has 0 radical (unpaired) electrons. The van der Waals surface area contributed by atoms with Crippen molar-refractivity contribution in [1.29, 1.82) is 0 Å². The van der Waals surface area contributed by atoms with Crippen molar-refractivity contribution in [3.05, 3.63) is 34.4 Å². The van der Waals surface area contributed by atoms with Crippen molar-refractivity contribution in [2.75, 3.05) is 0 Å². The Balaban J connectivity index is 2.60. The van der Waals surface area contributed by atoms with E-state index in [-0.39, 0.29) is 16.0 Å². The number of nitrogens with two attached hydrogens (primary N) is 1. The van der Waals surface area contributed by atoms with E-state index in [1.54, 1.807) is 0 Å². The first-order chi connectivity index (χ1) is 6.79. The van der Waals surface area contributed by atoms with Crippen molar-refractivity contribution in [1.82, 2.24) is 0 Å². The van der Waals surface area contributed by atoms with Gasteiger partial charge in [0.1, 0.15) is 11.6 Å². The molecule has 4 heteroatoms. The summed E-state index contributed by atoms with van der Waals surface area (Å²) in [6.45, 7) is 3.76. The van der Waals surface area contributed by atoms with Crippen molar-refractivity contribution in [2.45, 2.75) is 25.8 Å². The highest BCUT2D eigenvalue weighted by Gasteiger charge is 2.61. The minimum Gasteiger partial charge on any atom is -0.321 e. The highest BCUT2D eigenvalue weighted by Crippen LogP contribution is 2.61. The number of hydrogen-bond donors (Lipinski definition) is 1. The summed E-state index contributed by atoms with van der Waals surface area (Å²) in [4.78, 5) is 0. The van der Waals surface area contributed by atoms with Gasteiger partial charge in [0, 0.05) is 5.56 Å². The molecule has 1 aliphatic carbocycles. The highest BCUT2D eigenvalue weighted by atomic mass is 35.5. The van der Waals surface area contributed by atoms with Crippen LogP contribution < -0.4 is 5.73 Å². The Kier molecular flexibility index (Phi) is 2.11. The van der Waals surface area contributed by atoms with Crippen molar-refractivity contribution < 1.29 is 8.78 Å². The van der Waals surface area contributed by atoms with Crippen LogP contribution in [0.15, 0.2) is 12.1 Å². The van der Waals surface area contributed by atoms with Gasteiger partial charge in [0.15, 0.2) is 0 Å². The summed E-state index contributed by atoms with van der Waals surface area (Å²) in [6.07, 6.45) is 0.564. The first-order valence-corrected chi connectivity index (χ1v) is 5.10. The molecule has 1 aliphatic rings. The van der Waals surface area contributed by atoms with E-state index in [4.69, 9.17) is 17.3 Å². The van der Waals surface area contributed by atoms with Gasteiger partial charge in [-0.15, -0.1) is 0 Å². The first kappa shape index (κ1) is 10.8. The summed E-state index contributed by atoms with van der Waals surface area (Å²) >= 11 is 5.62. The van der Waals surface area contributed by atoms with Crippen LogP contribution in [0, 0.1) is 17.0 Å². The van der Waals surface area contributed by atoms with Gasteiger partial charge in [0.25, 0.3) is 0 Å². The summed E-state index contributed by atoms with van der Waals surface area (Å²) in [5.41, 5.74) is 4.69. The zero-order valence-electron chi connectivity index (χ0n) is 8.57. The molecule has 0 bridgehead atoms. The largest absolute Gasteiger partial charge is 0.321 e. The van der Waals surface area contributed by atoms with Crippen LogP contribution in [0.5, 0.6) is 0 Å². The molecule has 0 spiro atoms. The van der Waals surface area contributed by atoms with Gasteiger partial charge < -0.3 is 5.73 Å². The van der Waals surface area contributed by atoms with Gasteiger partial charge in [-0.3, -0.25) is 0 Å². The van der Waals surface area contributed by atoms with Crippen molar-refractivity contribution in [2.24, 2.45) is 11.1 Å². The number of hydrogen-bond acceptors (Lipinski definition) is 1. The second-order valence-corrected chi connectivity index (χ2v) is 5.16. The fourth-order valence-electron chi connectivity index (χ4n) is 2.02. The Hall–Kier alpha value is -0.670. The molecule has 0 heterocycles. The topological polar surface area (TPSA) is 26.0 Å².